The van der Waals surface area contributed by atoms with E-state index in [0.717, 1.165) is 10.2 Å². The lowest BCUT2D eigenvalue weighted by atomic mass is 10.2. The molecule has 1 aromatic heterocycles. The lowest BCUT2D eigenvalue weighted by Gasteiger charge is -2.24. The van der Waals surface area contributed by atoms with Gasteiger partial charge >= 0.3 is 0 Å². The molecule has 1 rings (SSSR count). The van der Waals surface area contributed by atoms with Gasteiger partial charge in [0.25, 0.3) is 5.91 Å². The van der Waals surface area contributed by atoms with Crippen molar-refractivity contribution in [3.05, 3.63) is 28.5 Å². The molecule has 0 radical (unpaired) electrons. The fourth-order valence-corrected chi connectivity index (χ4v) is 2.39. The molecule has 3 nitrogen and oxygen atoms in total. The summed E-state index contributed by atoms with van der Waals surface area (Å²) in [5.74, 6) is 0.876. The Labute approximate surface area is 109 Å². The van der Waals surface area contributed by atoms with Crippen LogP contribution in [0.4, 0.5) is 0 Å². The number of halogens is 1. The maximum atomic E-state index is 12.1. The number of aromatic nitrogens is 1. The van der Waals surface area contributed by atoms with Crippen LogP contribution in [0.5, 0.6) is 0 Å². The van der Waals surface area contributed by atoms with Crippen molar-refractivity contribution in [2.75, 3.05) is 19.1 Å². The highest BCUT2D eigenvalue weighted by molar-refractivity contribution is 9.10. The van der Waals surface area contributed by atoms with E-state index in [9.17, 15) is 4.79 Å². The molecule has 0 spiro atoms. The van der Waals surface area contributed by atoms with Crippen LogP contribution in [0.3, 0.4) is 0 Å². The zero-order valence-corrected chi connectivity index (χ0v) is 12.0. The number of hydrogen-bond acceptors (Lipinski definition) is 3. The van der Waals surface area contributed by atoms with Gasteiger partial charge in [0.05, 0.1) is 0 Å². The van der Waals surface area contributed by atoms with Crippen molar-refractivity contribution in [2.45, 2.75) is 13.0 Å². The molecule has 0 aliphatic rings. The predicted octanol–water partition coefficient (Wildman–Crippen LogP) is 2.67. The number of carbonyl (C=O) groups excluding carboxylic acids is 1. The lowest BCUT2D eigenvalue weighted by Crippen LogP contribution is -2.37. The van der Waals surface area contributed by atoms with Gasteiger partial charge in [0, 0.05) is 29.5 Å². The molecule has 0 saturated carbocycles. The second kappa shape index (κ2) is 6.25. The quantitative estimate of drug-likeness (QED) is 0.857. The first-order valence-electron chi connectivity index (χ1n) is 4.94. The Hall–Kier alpha value is -0.550. The molecule has 0 aliphatic heterocycles. The smallest absolute Gasteiger partial charge is 0.273 e. The average molecular weight is 303 g/mol. The van der Waals surface area contributed by atoms with E-state index in [1.165, 1.54) is 0 Å². The summed E-state index contributed by atoms with van der Waals surface area (Å²) in [5.41, 5.74) is 0.470. The minimum Gasteiger partial charge on any atom is -0.337 e. The first-order valence-corrected chi connectivity index (χ1v) is 7.13. The Morgan fingerprint density at radius 3 is 2.94 bits per heavy atom. The normalized spacial score (nSPS) is 12.2. The first kappa shape index (κ1) is 13.5. The fraction of sp³-hybridized carbons (Fsp3) is 0.455. The maximum absolute atomic E-state index is 12.1. The maximum Gasteiger partial charge on any atom is 0.273 e. The van der Waals surface area contributed by atoms with E-state index in [0.29, 0.717) is 5.69 Å². The Kier molecular flexibility index (Phi) is 5.28. The Bertz CT molecular complexity index is 373. The van der Waals surface area contributed by atoms with E-state index in [4.69, 9.17) is 0 Å². The van der Waals surface area contributed by atoms with Gasteiger partial charge in [-0.1, -0.05) is 0 Å². The van der Waals surface area contributed by atoms with Gasteiger partial charge in [0.1, 0.15) is 5.69 Å². The SMILES string of the molecule is CSCC(C)N(C)C(=O)c1ncccc1Br. The van der Waals surface area contributed by atoms with Crippen molar-refractivity contribution in [2.24, 2.45) is 0 Å². The van der Waals surface area contributed by atoms with E-state index < -0.39 is 0 Å². The molecule has 16 heavy (non-hydrogen) atoms. The van der Waals surface area contributed by atoms with Crippen LogP contribution >= 0.6 is 27.7 Å². The van der Waals surface area contributed by atoms with Crippen LogP contribution in [0.2, 0.25) is 0 Å². The van der Waals surface area contributed by atoms with Gasteiger partial charge in [-0.25, -0.2) is 4.98 Å². The van der Waals surface area contributed by atoms with Gasteiger partial charge in [0.2, 0.25) is 0 Å². The van der Waals surface area contributed by atoms with Crippen LogP contribution in [0.1, 0.15) is 17.4 Å². The highest BCUT2D eigenvalue weighted by atomic mass is 79.9. The number of rotatable bonds is 4. The van der Waals surface area contributed by atoms with Crippen LogP contribution in [0.15, 0.2) is 22.8 Å². The second-order valence-corrected chi connectivity index (χ2v) is 5.32. The minimum absolute atomic E-state index is 0.0472. The molecule has 1 amide bonds. The molecular weight excluding hydrogens is 288 g/mol. The zero-order valence-electron chi connectivity index (χ0n) is 9.61. The Morgan fingerprint density at radius 2 is 2.38 bits per heavy atom. The summed E-state index contributed by atoms with van der Waals surface area (Å²) < 4.78 is 0.739. The average Bonchev–Trinajstić information content (AvgIpc) is 2.28. The molecule has 0 aromatic carbocycles. The molecule has 0 aliphatic carbocycles. The van der Waals surface area contributed by atoms with E-state index in [1.54, 1.807) is 28.9 Å². The minimum atomic E-state index is -0.0472. The molecule has 88 valence electrons. The van der Waals surface area contributed by atoms with Crippen LogP contribution in [-0.4, -0.2) is 40.9 Å². The predicted molar refractivity (Wildman–Crippen MR) is 71.9 cm³/mol. The molecule has 5 heteroatoms. The number of pyridine rings is 1. The molecule has 1 heterocycles. The zero-order chi connectivity index (χ0) is 12.1. The second-order valence-electron chi connectivity index (χ2n) is 3.55. The van der Waals surface area contributed by atoms with Crippen molar-refractivity contribution in [3.8, 4) is 0 Å². The van der Waals surface area contributed by atoms with Gasteiger partial charge in [-0.05, 0) is 41.2 Å². The largest absolute Gasteiger partial charge is 0.337 e. The molecular formula is C11H15BrN2OS. The number of nitrogens with zero attached hydrogens (tertiary/aromatic N) is 2. The standard InChI is InChI=1S/C11H15BrN2OS/c1-8(7-16-3)14(2)11(15)10-9(12)5-4-6-13-10/h4-6,8H,7H2,1-3H3. The van der Waals surface area contributed by atoms with Crippen molar-refractivity contribution >= 4 is 33.6 Å². The molecule has 1 aromatic rings. The van der Waals surface area contributed by atoms with Gasteiger partial charge in [0.15, 0.2) is 0 Å². The van der Waals surface area contributed by atoms with Crippen molar-refractivity contribution in [1.29, 1.82) is 0 Å². The van der Waals surface area contributed by atoms with Crippen molar-refractivity contribution in [1.82, 2.24) is 9.88 Å². The number of hydrogen-bond donors (Lipinski definition) is 0. The molecule has 0 N–H and O–H groups in total. The Morgan fingerprint density at radius 1 is 1.69 bits per heavy atom. The number of thioether (sulfide) groups is 1. The van der Waals surface area contributed by atoms with Crippen LogP contribution in [-0.2, 0) is 0 Å². The highest BCUT2D eigenvalue weighted by Gasteiger charge is 2.19. The highest BCUT2D eigenvalue weighted by Crippen LogP contribution is 2.16. The summed E-state index contributed by atoms with van der Waals surface area (Å²) in [6, 6.07) is 3.83. The van der Waals surface area contributed by atoms with Gasteiger partial charge < -0.3 is 4.90 Å². The number of amides is 1. The van der Waals surface area contributed by atoms with Gasteiger partial charge in [-0.15, -0.1) is 0 Å². The van der Waals surface area contributed by atoms with E-state index >= 15 is 0 Å². The molecule has 0 bridgehead atoms. The third-order valence-corrected chi connectivity index (χ3v) is 3.81. The van der Waals surface area contributed by atoms with Gasteiger partial charge in [-0.3, -0.25) is 4.79 Å². The summed E-state index contributed by atoms with van der Waals surface area (Å²) in [6.45, 7) is 2.03. The summed E-state index contributed by atoms with van der Waals surface area (Å²) in [4.78, 5) is 17.9. The molecule has 1 atom stereocenters. The van der Waals surface area contributed by atoms with Crippen molar-refractivity contribution in [3.63, 3.8) is 0 Å². The molecule has 0 saturated heterocycles. The van der Waals surface area contributed by atoms with E-state index in [-0.39, 0.29) is 11.9 Å². The van der Waals surface area contributed by atoms with E-state index in [1.807, 2.05) is 26.3 Å². The van der Waals surface area contributed by atoms with Crippen molar-refractivity contribution < 1.29 is 4.79 Å². The van der Waals surface area contributed by atoms with Crippen LogP contribution in [0, 0.1) is 0 Å². The topological polar surface area (TPSA) is 33.2 Å². The molecule has 0 fully saturated rings. The van der Waals surface area contributed by atoms with E-state index in [2.05, 4.69) is 20.9 Å². The van der Waals surface area contributed by atoms with Crippen LogP contribution < -0.4 is 0 Å². The fourth-order valence-electron chi connectivity index (χ4n) is 1.26. The third kappa shape index (κ3) is 3.22. The monoisotopic (exact) mass is 302 g/mol. The third-order valence-electron chi connectivity index (χ3n) is 2.35. The van der Waals surface area contributed by atoms with Gasteiger partial charge in [-0.2, -0.15) is 11.8 Å². The summed E-state index contributed by atoms with van der Waals surface area (Å²) in [7, 11) is 1.81. The molecule has 1 unspecified atom stereocenters. The number of carbonyl (C=O) groups is 1. The summed E-state index contributed by atoms with van der Waals surface area (Å²) in [5, 5.41) is 0. The summed E-state index contributed by atoms with van der Waals surface area (Å²) in [6.07, 6.45) is 3.66. The first-order chi connectivity index (χ1) is 7.57. The van der Waals surface area contributed by atoms with Crippen LogP contribution in [0.25, 0.3) is 0 Å². The lowest BCUT2D eigenvalue weighted by molar-refractivity contribution is 0.0750. The summed E-state index contributed by atoms with van der Waals surface area (Å²) >= 11 is 5.07. The Balaban J connectivity index is 2.82.